The Labute approximate surface area is 174 Å². The number of alkyl halides is 2. The molecule has 0 radical (unpaired) electrons. The lowest BCUT2D eigenvalue weighted by molar-refractivity contribution is -0.0497. The molecule has 9 heteroatoms. The zero-order valence-corrected chi connectivity index (χ0v) is 16.9. The molecule has 1 fully saturated rings. The molecule has 1 saturated carbocycles. The van der Waals surface area contributed by atoms with E-state index >= 15 is 0 Å². The third-order valence-corrected chi connectivity index (χ3v) is 5.90. The SMILES string of the molecule is N#Cc1c(C2=N/C=C(S(N)=O)\C=C/CC2)n(CC2CC2)c2cc(OC(F)F)ccc12. The summed E-state index contributed by atoms with van der Waals surface area (Å²) in [4.78, 5) is 4.92. The fourth-order valence-electron chi connectivity index (χ4n) is 3.63. The van der Waals surface area contributed by atoms with E-state index in [1.54, 1.807) is 18.2 Å². The van der Waals surface area contributed by atoms with E-state index in [0.29, 0.717) is 58.1 Å². The molecule has 1 unspecified atom stereocenters. The average Bonchev–Trinajstić information content (AvgIpc) is 3.44. The maximum atomic E-state index is 12.7. The van der Waals surface area contributed by atoms with Crippen LogP contribution in [0.1, 0.15) is 36.9 Å². The lowest BCUT2D eigenvalue weighted by Crippen LogP contribution is -2.13. The van der Waals surface area contributed by atoms with Gasteiger partial charge in [0, 0.05) is 24.2 Å². The maximum Gasteiger partial charge on any atom is 0.387 e. The fraction of sp³-hybridized carbons (Fsp3) is 0.333. The van der Waals surface area contributed by atoms with Crippen LogP contribution in [0.2, 0.25) is 0 Å². The van der Waals surface area contributed by atoms with Crippen molar-refractivity contribution in [2.75, 3.05) is 0 Å². The molecular formula is C21H20F2N4O2S. The van der Waals surface area contributed by atoms with Crippen LogP contribution in [0.4, 0.5) is 8.78 Å². The summed E-state index contributed by atoms with van der Waals surface area (Å²) in [5.41, 5.74) is 2.45. The van der Waals surface area contributed by atoms with Crippen LogP contribution >= 0.6 is 0 Å². The number of nitrogens with zero attached hydrogens (tertiary/aromatic N) is 3. The summed E-state index contributed by atoms with van der Waals surface area (Å²) >= 11 is 0. The molecule has 30 heavy (non-hydrogen) atoms. The van der Waals surface area contributed by atoms with Crippen LogP contribution < -0.4 is 9.88 Å². The highest BCUT2D eigenvalue weighted by Gasteiger charge is 2.28. The summed E-state index contributed by atoms with van der Waals surface area (Å²) in [6.45, 7) is -2.26. The van der Waals surface area contributed by atoms with Gasteiger partial charge in [-0.25, -0.2) is 9.35 Å². The van der Waals surface area contributed by atoms with Crippen molar-refractivity contribution in [1.82, 2.24) is 4.57 Å². The van der Waals surface area contributed by atoms with Crippen LogP contribution in [-0.2, 0) is 17.5 Å². The monoisotopic (exact) mass is 430 g/mol. The number of halogens is 2. The highest BCUT2D eigenvalue weighted by atomic mass is 32.2. The Bertz CT molecular complexity index is 1140. The standard InChI is InChI=1S/C21H20F2N4O2S/c22-21(23)29-14-7-8-16-17(10-24)20(27(19(16)9-14)12-13-5-6-13)18-4-2-1-3-15(11-26-18)30(25)28/h1,3,7-9,11,13,21H,2,4-6,12,25H2/b3-1-,15-11+,26-18?. The van der Waals surface area contributed by atoms with E-state index in [1.807, 2.05) is 10.6 Å². The van der Waals surface area contributed by atoms with Crippen molar-refractivity contribution in [1.29, 1.82) is 5.26 Å². The zero-order valence-electron chi connectivity index (χ0n) is 16.1. The molecule has 1 aliphatic carbocycles. The first-order valence-corrected chi connectivity index (χ1v) is 10.8. The van der Waals surface area contributed by atoms with Gasteiger partial charge in [0.05, 0.1) is 27.4 Å². The molecule has 0 saturated heterocycles. The molecule has 1 aromatic carbocycles. The molecule has 6 nitrogen and oxygen atoms in total. The number of allylic oxidation sites excluding steroid dienone is 2. The van der Waals surface area contributed by atoms with Gasteiger partial charge in [-0.15, -0.1) is 0 Å². The zero-order chi connectivity index (χ0) is 21.3. The van der Waals surface area contributed by atoms with Gasteiger partial charge in [0.25, 0.3) is 0 Å². The van der Waals surface area contributed by atoms with E-state index in [-0.39, 0.29) is 5.75 Å². The number of nitrogens with two attached hydrogens (primary N) is 1. The molecule has 0 bridgehead atoms. The van der Waals surface area contributed by atoms with Crippen LogP contribution in [0.25, 0.3) is 10.9 Å². The Morgan fingerprint density at radius 3 is 2.87 bits per heavy atom. The summed E-state index contributed by atoms with van der Waals surface area (Å²) in [5, 5.41) is 16.1. The summed E-state index contributed by atoms with van der Waals surface area (Å²) < 4.78 is 43.7. The minimum absolute atomic E-state index is 0.0475. The van der Waals surface area contributed by atoms with Crippen molar-refractivity contribution in [2.24, 2.45) is 16.0 Å². The largest absolute Gasteiger partial charge is 0.435 e. The Morgan fingerprint density at radius 1 is 1.40 bits per heavy atom. The van der Waals surface area contributed by atoms with Crippen molar-refractivity contribution in [2.45, 2.75) is 38.8 Å². The van der Waals surface area contributed by atoms with E-state index in [9.17, 15) is 18.3 Å². The Hall–Kier alpha value is -2.83. The van der Waals surface area contributed by atoms with Crippen molar-refractivity contribution in [3.05, 3.63) is 52.7 Å². The quantitative estimate of drug-likeness (QED) is 0.747. The van der Waals surface area contributed by atoms with Crippen LogP contribution in [0, 0.1) is 17.2 Å². The molecule has 0 spiro atoms. The van der Waals surface area contributed by atoms with Crippen LogP contribution in [0.5, 0.6) is 5.75 Å². The van der Waals surface area contributed by atoms with Gasteiger partial charge in [0.15, 0.2) is 0 Å². The van der Waals surface area contributed by atoms with Crippen molar-refractivity contribution < 1.29 is 17.7 Å². The van der Waals surface area contributed by atoms with Crippen LogP contribution in [0.15, 0.2) is 46.4 Å². The first-order chi connectivity index (χ1) is 14.5. The van der Waals surface area contributed by atoms with Gasteiger partial charge in [0.2, 0.25) is 0 Å². The number of ether oxygens (including phenoxy) is 1. The average molecular weight is 430 g/mol. The molecule has 4 rings (SSSR count). The van der Waals surface area contributed by atoms with Gasteiger partial charge in [0.1, 0.15) is 22.8 Å². The van der Waals surface area contributed by atoms with Gasteiger partial charge in [-0.2, -0.15) is 14.0 Å². The maximum absolute atomic E-state index is 12.7. The first-order valence-electron chi connectivity index (χ1n) is 9.59. The highest BCUT2D eigenvalue weighted by Crippen LogP contribution is 2.37. The van der Waals surface area contributed by atoms with Crippen molar-refractivity contribution in [3.63, 3.8) is 0 Å². The molecule has 1 aliphatic heterocycles. The minimum atomic E-state index is -2.92. The van der Waals surface area contributed by atoms with Crippen molar-refractivity contribution in [3.8, 4) is 11.8 Å². The Balaban J connectivity index is 1.91. The Morgan fingerprint density at radius 2 is 2.20 bits per heavy atom. The molecule has 156 valence electrons. The number of nitriles is 1. The second-order valence-electron chi connectivity index (χ2n) is 7.29. The fourth-order valence-corrected chi connectivity index (χ4v) is 4.02. The van der Waals surface area contributed by atoms with Crippen LogP contribution in [-0.4, -0.2) is 21.1 Å². The summed E-state index contributed by atoms with van der Waals surface area (Å²) in [6, 6.07) is 6.90. The summed E-state index contributed by atoms with van der Waals surface area (Å²) in [6.07, 6.45) is 8.41. The number of aliphatic imine (C=N–C) groups is 1. The van der Waals surface area contributed by atoms with Gasteiger partial charge in [-0.05, 0) is 49.8 Å². The number of fused-ring (bicyclic) bond motifs is 1. The molecular weight excluding hydrogens is 410 g/mol. The molecule has 0 amide bonds. The minimum Gasteiger partial charge on any atom is -0.435 e. The highest BCUT2D eigenvalue weighted by molar-refractivity contribution is 7.86. The molecule has 2 aromatic rings. The van der Waals surface area contributed by atoms with E-state index in [1.165, 1.54) is 12.3 Å². The number of rotatable bonds is 6. The number of hydrogen-bond acceptors (Lipinski definition) is 4. The van der Waals surface area contributed by atoms with Gasteiger partial charge in [-0.3, -0.25) is 4.99 Å². The third-order valence-electron chi connectivity index (χ3n) is 5.19. The topological polar surface area (TPSA) is 93.4 Å². The van der Waals surface area contributed by atoms with Gasteiger partial charge < -0.3 is 9.30 Å². The van der Waals surface area contributed by atoms with Crippen LogP contribution in [0.3, 0.4) is 0 Å². The van der Waals surface area contributed by atoms with E-state index < -0.39 is 17.6 Å². The second-order valence-corrected chi connectivity index (χ2v) is 8.36. The van der Waals surface area contributed by atoms with Gasteiger partial charge >= 0.3 is 6.61 Å². The number of aromatic nitrogens is 1. The number of hydrogen-bond donors (Lipinski definition) is 1. The molecule has 1 atom stereocenters. The number of benzene rings is 1. The lowest BCUT2D eigenvalue weighted by Gasteiger charge is -2.14. The van der Waals surface area contributed by atoms with Crippen molar-refractivity contribution >= 4 is 27.6 Å². The summed E-state index contributed by atoms with van der Waals surface area (Å²) in [5.74, 6) is 0.522. The van der Waals surface area contributed by atoms with E-state index in [0.717, 1.165) is 12.8 Å². The Kier molecular flexibility index (Phi) is 5.79. The molecule has 2 N–H and O–H groups in total. The predicted octanol–water partition coefficient (Wildman–Crippen LogP) is 4.13. The summed E-state index contributed by atoms with van der Waals surface area (Å²) in [7, 11) is -1.67. The molecule has 2 aliphatic rings. The van der Waals surface area contributed by atoms with E-state index in [4.69, 9.17) is 5.14 Å². The second kappa shape index (κ2) is 8.50. The smallest absolute Gasteiger partial charge is 0.387 e. The molecule has 1 aromatic heterocycles. The first kappa shape index (κ1) is 20.4. The predicted molar refractivity (Wildman–Crippen MR) is 111 cm³/mol. The van der Waals surface area contributed by atoms with E-state index in [2.05, 4.69) is 15.8 Å². The third kappa shape index (κ3) is 4.20. The lowest BCUT2D eigenvalue weighted by atomic mass is 10.0. The normalized spacial score (nSPS) is 20.6. The molecule has 2 heterocycles. The van der Waals surface area contributed by atoms with Gasteiger partial charge in [-0.1, -0.05) is 6.08 Å².